The predicted octanol–water partition coefficient (Wildman–Crippen LogP) is 1.63. The van der Waals surface area contributed by atoms with Crippen LogP contribution >= 0.6 is 0 Å². The maximum Gasteiger partial charge on any atom is 0.0856 e. The summed E-state index contributed by atoms with van der Waals surface area (Å²) in [5.41, 5.74) is 3.68. The Morgan fingerprint density at radius 1 is 1.27 bits per heavy atom. The van der Waals surface area contributed by atoms with E-state index in [-0.39, 0.29) is 13.2 Å². The van der Waals surface area contributed by atoms with Gasteiger partial charge in [0.05, 0.1) is 18.9 Å². The summed E-state index contributed by atoms with van der Waals surface area (Å²) in [6, 6.07) is 1.92. The molecule has 0 amide bonds. The van der Waals surface area contributed by atoms with Crippen LogP contribution in [0.5, 0.6) is 0 Å². The van der Waals surface area contributed by atoms with Crippen LogP contribution in [0.1, 0.15) is 36.1 Å². The molecule has 3 heteroatoms. The van der Waals surface area contributed by atoms with Gasteiger partial charge in [0.15, 0.2) is 0 Å². The number of nitrogens with zero attached hydrogens (tertiary/aromatic N) is 1. The molecule has 0 aromatic carbocycles. The Bertz CT molecular complexity index is 385. The van der Waals surface area contributed by atoms with Crippen molar-refractivity contribution in [1.29, 1.82) is 0 Å². The molecule has 0 spiro atoms. The molecule has 0 radical (unpaired) electrons. The second kappa shape index (κ2) is 4.55. The van der Waals surface area contributed by atoms with E-state index in [1.165, 1.54) is 12.0 Å². The van der Waals surface area contributed by atoms with Gasteiger partial charge in [0.2, 0.25) is 0 Å². The lowest BCUT2D eigenvalue weighted by molar-refractivity contribution is 0.255. The Morgan fingerprint density at radius 2 is 2.13 bits per heavy atom. The minimum absolute atomic E-state index is 0.0591. The molecule has 1 heterocycles. The fraction of sp³-hybridized carbons (Fsp3) is 0.417. The van der Waals surface area contributed by atoms with Crippen molar-refractivity contribution in [3.05, 3.63) is 35.2 Å². The lowest BCUT2D eigenvalue weighted by Crippen LogP contribution is -2.02. The van der Waals surface area contributed by atoms with Crippen LogP contribution in [0.3, 0.4) is 0 Å². The van der Waals surface area contributed by atoms with Gasteiger partial charge in [-0.2, -0.15) is 0 Å². The van der Waals surface area contributed by atoms with Gasteiger partial charge in [0.1, 0.15) is 0 Å². The Morgan fingerprint density at radius 3 is 2.73 bits per heavy atom. The number of hydrogen-bond acceptors (Lipinski definition) is 3. The standard InChI is InChI=1S/C12H15NO2/c14-7-11-10(9-3-1-2-4-9)5-6-13-12(11)8-15/h3,5-6,14-15H,1-2,4,7-8H2. The van der Waals surface area contributed by atoms with Gasteiger partial charge in [-0.1, -0.05) is 6.08 Å². The number of aliphatic hydroxyl groups is 2. The third kappa shape index (κ3) is 1.94. The summed E-state index contributed by atoms with van der Waals surface area (Å²) in [5.74, 6) is 0. The van der Waals surface area contributed by atoms with Gasteiger partial charge in [-0.15, -0.1) is 0 Å². The van der Waals surface area contributed by atoms with Crippen LogP contribution in [0, 0.1) is 0 Å². The predicted molar refractivity (Wildman–Crippen MR) is 57.9 cm³/mol. The van der Waals surface area contributed by atoms with Crippen LogP contribution in [-0.4, -0.2) is 15.2 Å². The zero-order valence-electron chi connectivity index (χ0n) is 8.61. The van der Waals surface area contributed by atoms with Crippen molar-refractivity contribution in [3.63, 3.8) is 0 Å². The molecule has 2 N–H and O–H groups in total. The molecule has 0 saturated carbocycles. The maximum atomic E-state index is 9.31. The molecule has 0 saturated heterocycles. The van der Waals surface area contributed by atoms with Crippen molar-refractivity contribution >= 4 is 5.57 Å². The number of rotatable bonds is 3. The summed E-state index contributed by atoms with van der Waals surface area (Å²) in [6.07, 6.45) is 7.24. The average molecular weight is 205 g/mol. The largest absolute Gasteiger partial charge is 0.392 e. The fourth-order valence-corrected chi connectivity index (χ4v) is 2.06. The molecule has 0 fully saturated rings. The molecule has 0 unspecified atom stereocenters. The van der Waals surface area contributed by atoms with Crippen molar-refractivity contribution in [2.24, 2.45) is 0 Å². The first-order valence-electron chi connectivity index (χ1n) is 5.24. The highest BCUT2D eigenvalue weighted by molar-refractivity contribution is 5.70. The summed E-state index contributed by atoms with van der Waals surface area (Å²) >= 11 is 0. The monoisotopic (exact) mass is 205 g/mol. The number of allylic oxidation sites excluding steroid dienone is 2. The van der Waals surface area contributed by atoms with Gasteiger partial charge >= 0.3 is 0 Å². The van der Waals surface area contributed by atoms with Crippen LogP contribution in [0.25, 0.3) is 5.57 Å². The summed E-state index contributed by atoms with van der Waals surface area (Å²) in [4.78, 5) is 4.06. The molecule has 1 aliphatic rings. The van der Waals surface area contributed by atoms with Crippen LogP contribution in [0.4, 0.5) is 0 Å². The maximum absolute atomic E-state index is 9.31. The quantitative estimate of drug-likeness (QED) is 0.788. The normalized spacial score (nSPS) is 15.5. The zero-order chi connectivity index (χ0) is 10.7. The molecule has 0 bridgehead atoms. The van der Waals surface area contributed by atoms with Crippen molar-refractivity contribution in [2.45, 2.75) is 32.5 Å². The van der Waals surface area contributed by atoms with Gasteiger partial charge in [0.25, 0.3) is 0 Å². The molecule has 3 nitrogen and oxygen atoms in total. The van der Waals surface area contributed by atoms with Crippen LogP contribution in [0.2, 0.25) is 0 Å². The van der Waals surface area contributed by atoms with Gasteiger partial charge in [-0.25, -0.2) is 0 Å². The highest BCUT2D eigenvalue weighted by atomic mass is 16.3. The Kier molecular flexibility index (Phi) is 3.14. The van der Waals surface area contributed by atoms with E-state index >= 15 is 0 Å². The molecule has 1 aliphatic carbocycles. The minimum atomic E-state index is -0.114. The van der Waals surface area contributed by atoms with Crippen LogP contribution in [0.15, 0.2) is 18.3 Å². The number of aliphatic hydroxyl groups excluding tert-OH is 2. The molecular formula is C12H15NO2. The SMILES string of the molecule is OCc1nccc(C2=CCCC2)c1CO. The lowest BCUT2D eigenvalue weighted by Gasteiger charge is -2.11. The third-order valence-corrected chi connectivity index (χ3v) is 2.84. The Hall–Kier alpha value is -1.19. The van der Waals surface area contributed by atoms with E-state index < -0.39 is 0 Å². The highest BCUT2D eigenvalue weighted by Crippen LogP contribution is 2.30. The van der Waals surface area contributed by atoms with E-state index in [1.807, 2.05) is 6.07 Å². The molecule has 80 valence electrons. The van der Waals surface area contributed by atoms with E-state index in [9.17, 15) is 5.11 Å². The highest BCUT2D eigenvalue weighted by Gasteiger charge is 2.14. The van der Waals surface area contributed by atoms with Crippen molar-refractivity contribution < 1.29 is 10.2 Å². The third-order valence-electron chi connectivity index (χ3n) is 2.84. The summed E-state index contributed by atoms with van der Waals surface area (Å²) in [5, 5.41) is 18.4. The average Bonchev–Trinajstić information content (AvgIpc) is 2.81. The van der Waals surface area contributed by atoms with E-state index in [2.05, 4.69) is 11.1 Å². The first-order chi connectivity index (χ1) is 7.36. The molecule has 0 aliphatic heterocycles. The van der Waals surface area contributed by atoms with E-state index in [4.69, 9.17) is 5.11 Å². The zero-order valence-corrected chi connectivity index (χ0v) is 8.61. The van der Waals surface area contributed by atoms with Gasteiger partial charge in [-0.05, 0) is 36.5 Å². The number of aromatic nitrogens is 1. The van der Waals surface area contributed by atoms with Gasteiger partial charge < -0.3 is 10.2 Å². The first kappa shape index (κ1) is 10.3. The fourth-order valence-electron chi connectivity index (χ4n) is 2.06. The van der Waals surface area contributed by atoms with Crippen LogP contribution in [-0.2, 0) is 13.2 Å². The second-order valence-corrected chi connectivity index (χ2v) is 3.72. The molecular weight excluding hydrogens is 190 g/mol. The summed E-state index contributed by atoms with van der Waals surface area (Å²) in [6.45, 7) is -0.173. The Labute approximate surface area is 89.1 Å². The lowest BCUT2D eigenvalue weighted by atomic mass is 9.99. The van der Waals surface area contributed by atoms with Crippen molar-refractivity contribution in [1.82, 2.24) is 4.98 Å². The topological polar surface area (TPSA) is 53.4 Å². The molecule has 0 atom stereocenters. The van der Waals surface area contributed by atoms with Gasteiger partial charge in [-0.3, -0.25) is 4.98 Å². The van der Waals surface area contributed by atoms with Crippen molar-refractivity contribution in [3.8, 4) is 0 Å². The number of pyridine rings is 1. The molecule has 1 aromatic heterocycles. The van der Waals surface area contributed by atoms with E-state index in [1.54, 1.807) is 6.20 Å². The summed E-state index contributed by atoms with van der Waals surface area (Å²) in [7, 11) is 0. The summed E-state index contributed by atoms with van der Waals surface area (Å²) < 4.78 is 0. The van der Waals surface area contributed by atoms with Crippen LogP contribution < -0.4 is 0 Å². The van der Waals surface area contributed by atoms with E-state index in [0.29, 0.717) is 5.69 Å². The van der Waals surface area contributed by atoms with Gasteiger partial charge in [0, 0.05) is 11.8 Å². The van der Waals surface area contributed by atoms with Crippen molar-refractivity contribution in [2.75, 3.05) is 0 Å². The molecule has 1 aromatic rings. The second-order valence-electron chi connectivity index (χ2n) is 3.72. The minimum Gasteiger partial charge on any atom is -0.392 e. The molecule has 15 heavy (non-hydrogen) atoms. The first-order valence-corrected chi connectivity index (χ1v) is 5.24. The number of hydrogen-bond donors (Lipinski definition) is 2. The Balaban J connectivity index is 2.45. The van der Waals surface area contributed by atoms with E-state index in [0.717, 1.165) is 24.0 Å². The molecule has 2 rings (SSSR count). The smallest absolute Gasteiger partial charge is 0.0856 e.